The van der Waals surface area contributed by atoms with Gasteiger partial charge in [0.05, 0.1) is 13.2 Å². The van der Waals surface area contributed by atoms with Crippen LogP contribution in [0.15, 0.2) is 18.2 Å². The lowest BCUT2D eigenvalue weighted by Gasteiger charge is -2.18. The Morgan fingerprint density at radius 3 is 2.93 bits per heavy atom. The molecule has 80 valence electrons. The van der Waals surface area contributed by atoms with Crippen LogP contribution in [0.3, 0.4) is 0 Å². The lowest BCUT2D eigenvalue weighted by atomic mass is 9.79. The summed E-state index contributed by atoms with van der Waals surface area (Å²) in [6, 6.07) is 5.41. The number of likely N-dealkylation sites (N-methyl/N-ethyl adjacent to an activating group) is 1. The maximum absolute atomic E-state index is 9.06. The van der Waals surface area contributed by atoms with Crippen molar-refractivity contribution in [1.29, 1.82) is 0 Å². The van der Waals surface area contributed by atoms with Crippen molar-refractivity contribution in [2.24, 2.45) is 0 Å². The van der Waals surface area contributed by atoms with Gasteiger partial charge in [-0.05, 0) is 11.5 Å². The average molecular weight is 207 g/mol. The summed E-state index contributed by atoms with van der Waals surface area (Å²) in [7, 11) is 0.589. The van der Waals surface area contributed by atoms with Gasteiger partial charge in [0.15, 0.2) is 0 Å². The number of ether oxygens (including phenoxy) is 1. The number of benzene rings is 1. The highest BCUT2D eigenvalue weighted by atomic mass is 16.5. The van der Waals surface area contributed by atoms with E-state index in [1.807, 2.05) is 13.1 Å². The molecule has 0 radical (unpaired) electrons. The normalized spacial score (nSPS) is 15.8. The van der Waals surface area contributed by atoms with Gasteiger partial charge in [0.2, 0.25) is 0 Å². The van der Waals surface area contributed by atoms with Crippen LogP contribution in [-0.2, 0) is 11.3 Å². The molecule has 2 N–H and O–H groups in total. The topological polar surface area (TPSA) is 52.9 Å². The molecular formula is C10H14BNO3. The van der Waals surface area contributed by atoms with Crippen LogP contribution < -0.4 is 10.4 Å². The van der Waals surface area contributed by atoms with Crippen LogP contribution in [0.25, 0.3) is 0 Å². The summed E-state index contributed by atoms with van der Waals surface area (Å²) in [5.74, 6) is 0. The summed E-state index contributed by atoms with van der Waals surface area (Å²) in [6.07, 6.45) is 0. The Morgan fingerprint density at radius 2 is 2.20 bits per heavy atom. The molecule has 0 aliphatic carbocycles. The van der Waals surface area contributed by atoms with Gasteiger partial charge in [-0.3, -0.25) is 0 Å². The molecule has 0 spiro atoms. The molecule has 0 unspecified atom stereocenters. The minimum Gasteiger partial charge on any atom is -0.423 e. The maximum Gasteiger partial charge on any atom is 0.488 e. The van der Waals surface area contributed by atoms with Crippen molar-refractivity contribution in [3.8, 4) is 0 Å². The van der Waals surface area contributed by atoms with E-state index in [-0.39, 0.29) is 0 Å². The molecule has 0 saturated heterocycles. The van der Waals surface area contributed by atoms with E-state index in [9.17, 15) is 0 Å². The second-order valence-electron chi connectivity index (χ2n) is 3.74. The van der Waals surface area contributed by atoms with E-state index in [0.717, 1.165) is 17.8 Å². The van der Waals surface area contributed by atoms with Crippen molar-refractivity contribution in [1.82, 2.24) is 0 Å². The van der Waals surface area contributed by atoms with Crippen molar-refractivity contribution in [2.75, 3.05) is 25.1 Å². The van der Waals surface area contributed by atoms with Crippen LogP contribution in [0, 0.1) is 0 Å². The number of nitrogens with zero attached hydrogens (tertiary/aromatic N) is 1. The summed E-state index contributed by atoms with van der Waals surface area (Å²) in [4.78, 5) is 2.11. The largest absolute Gasteiger partial charge is 0.488 e. The van der Waals surface area contributed by atoms with Crippen molar-refractivity contribution < 1.29 is 14.8 Å². The van der Waals surface area contributed by atoms with Gasteiger partial charge in [-0.2, -0.15) is 0 Å². The smallest absolute Gasteiger partial charge is 0.423 e. The summed E-state index contributed by atoms with van der Waals surface area (Å²) < 4.78 is 5.42. The summed E-state index contributed by atoms with van der Waals surface area (Å²) in [5.41, 5.74) is 2.60. The molecule has 0 atom stereocenters. The molecule has 2 rings (SSSR count). The molecule has 0 amide bonds. The zero-order valence-corrected chi connectivity index (χ0v) is 8.68. The molecule has 0 aromatic heterocycles. The summed E-state index contributed by atoms with van der Waals surface area (Å²) in [6.45, 7) is 2.08. The van der Waals surface area contributed by atoms with Gasteiger partial charge in [-0.15, -0.1) is 0 Å². The van der Waals surface area contributed by atoms with Gasteiger partial charge in [-0.25, -0.2) is 0 Å². The van der Waals surface area contributed by atoms with E-state index >= 15 is 0 Å². The minimum atomic E-state index is -1.41. The highest BCUT2D eigenvalue weighted by molar-refractivity contribution is 6.58. The van der Waals surface area contributed by atoms with E-state index in [4.69, 9.17) is 14.8 Å². The molecule has 1 aromatic carbocycles. The lowest BCUT2D eigenvalue weighted by molar-refractivity contribution is 0.133. The first-order valence-electron chi connectivity index (χ1n) is 4.96. The van der Waals surface area contributed by atoms with E-state index in [1.165, 1.54) is 0 Å². The molecule has 1 heterocycles. The third kappa shape index (κ3) is 2.14. The molecule has 0 bridgehead atoms. The first kappa shape index (κ1) is 10.5. The Bertz CT molecular complexity index is 357. The molecule has 15 heavy (non-hydrogen) atoms. The van der Waals surface area contributed by atoms with Gasteiger partial charge in [-0.1, -0.05) is 12.1 Å². The van der Waals surface area contributed by atoms with E-state index in [2.05, 4.69) is 4.90 Å². The highest BCUT2D eigenvalue weighted by Gasteiger charge is 2.16. The van der Waals surface area contributed by atoms with Crippen molar-refractivity contribution in [3.05, 3.63) is 23.8 Å². The second kappa shape index (κ2) is 4.22. The van der Waals surface area contributed by atoms with Crippen LogP contribution in [0.1, 0.15) is 5.56 Å². The molecule has 1 aromatic rings. The Balaban J connectivity index is 2.38. The maximum atomic E-state index is 9.06. The third-order valence-electron chi connectivity index (χ3n) is 2.64. The van der Waals surface area contributed by atoms with Crippen molar-refractivity contribution in [3.63, 3.8) is 0 Å². The SMILES string of the molecule is CN1CCOCc2cc(B(O)O)ccc21. The Morgan fingerprint density at radius 1 is 1.40 bits per heavy atom. The van der Waals surface area contributed by atoms with E-state index in [1.54, 1.807) is 12.1 Å². The Labute approximate surface area is 89.2 Å². The molecule has 1 aliphatic heterocycles. The first-order chi connectivity index (χ1) is 7.18. The van der Waals surface area contributed by atoms with Crippen molar-refractivity contribution in [2.45, 2.75) is 6.61 Å². The molecular weight excluding hydrogens is 193 g/mol. The van der Waals surface area contributed by atoms with Gasteiger partial charge in [0, 0.05) is 24.8 Å². The number of anilines is 1. The van der Waals surface area contributed by atoms with Crippen LogP contribution in [0.5, 0.6) is 0 Å². The number of hydrogen-bond donors (Lipinski definition) is 2. The fourth-order valence-corrected chi connectivity index (χ4v) is 1.76. The predicted molar refractivity (Wildman–Crippen MR) is 59.2 cm³/mol. The zero-order valence-electron chi connectivity index (χ0n) is 8.68. The van der Waals surface area contributed by atoms with Gasteiger partial charge in [0.1, 0.15) is 0 Å². The fraction of sp³-hybridized carbons (Fsp3) is 0.400. The molecule has 4 nitrogen and oxygen atoms in total. The van der Waals surface area contributed by atoms with E-state index in [0.29, 0.717) is 18.7 Å². The van der Waals surface area contributed by atoms with Crippen molar-refractivity contribution >= 4 is 18.3 Å². The number of fused-ring (bicyclic) bond motifs is 1. The quantitative estimate of drug-likeness (QED) is 0.600. The Hall–Kier alpha value is -1.04. The first-order valence-corrected chi connectivity index (χ1v) is 4.96. The lowest BCUT2D eigenvalue weighted by Crippen LogP contribution is -2.30. The van der Waals surface area contributed by atoms with Gasteiger partial charge < -0.3 is 19.7 Å². The average Bonchev–Trinajstić information content (AvgIpc) is 2.40. The number of rotatable bonds is 1. The third-order valence-corrected chi connectivity index (χ3v) is 2.64. The molecule has 0 saturated carbocycles. The highest BCUT2D eigenvalue weighted by Crippen LogP contribution is 2.21. The van der Waals surface area contributed by atoms with Gasteiger partial charge in [0.25, 0.3) is 0 Å². The fourth-order valence-electron chi connectivity index (χ4n) is 1.76. The molecule has 0 fully saturated rings. The van der Waals surface area contributed by atoms with Crippen LogP contribution in [0.2, 0.25) is 0 Å². The second-order valence-corrected chi connectivity index (χ2v) is 3.74. The summed E-state index contributed by atoms with van der Waals surface area (Å²) in [5, 5.41) is 18.1. The minimum absolute atomic E-state index is 0.507. The molecule has 5 heteroatoms. The van der Waals surface area contributed by atoms with Crippen LogP contribution >= 0.6 is 0 Å². The van der Waals surface area contributed by atoms with Gasteiger partial charge >= 0.3 is 7.12 Å². The summed E-state index contributed by atoms with van der Waals surface area (Å²) >= 11 is 0. The molecule has 1 aliphatic rings. The standard InChI is InChI=1S/C10H14BNO3/c1-12-4-5-15-7-8-6-9(11(13)14)2-3-10(8)12/h2-3,6,13-14H,4-5,7H2,1H3. The zero-order chi connectivity index (χ0) is 10.8. The monoisotopic (exact) mass is 207 g/mol. The predicted octanol–water partition coefficient (Wildman–Crippen LogP) is -0.667. The van der Waals surface area contributed by atoms with Crippen LogP contribution in [0.4, 0.5) is 5.69 Å². The van der Waals surface area contributed by atoms with Crippen LogP contribution in [-0.4, -0.2) is 37.4 Å². The Kier molecular flexibility index (Phi) is 2.95. The van der Waals surface area contributed by atoms with E-state index < -0.39 is 7.12 Å². The number of hydrogen-bond acceptors (Lipinski definition) is 4.